The van der Waals surface area contributed by atoms with Crippen molar-refractivity contribution in [2.45, 2.75) is 46.7 Å². The minimum Gasteiger partial charge on any atom is -0.321 e. The van der Waals surface area contributed by atoms with Gasteiger partial charge in [-0.3, -0.25) is 14.2 Å². The van der Waals surface area contributed by atoms with Gasteiger partial charge in [-0.25, -0.2) is 0 Å². The van der Waals surface area contributed by atoms with E-state index in [0.717, 1.165) is 21.5 Å². The maximum atomic E-state index is 12.9. The number of anilines is 1. The molecule has 0 aliphatic heterocycles. The third-order valence-electron chi connectivity index (χ3n) is 4.88. The van der Waals surface area contributed by atoms with Gasteiger partial charge in [-0.1, -0.05) is 24.3 Å². The number of carbonyl (C=O) groups is 1. The van der Waals surface area contributed by atoms with Crippen LogP contribution in [0.2, 0.25) is 0 Å². The summed E-state index contributed by atoms with van der Waals surface area (Å²) in [5.41, 5.74) is 4.09. The number of nitrogens with zero attached hydrogens (tertiary/aromatic N) is 4. The molecule has 27 heavy (non-hydrogen) atoms. The first kappa shape index (κ1) is 19.4. The molecule has 0 spiro atoms. The molecule has 0 saturated heterocycles. The largest absolute Gasteiger partial charge is 0.321 e. The van der Waals surface area contributed by atoms with Crippen LogP contribution in [0.15, 0.2) is 41.1 Å². The van der Waals surface area contributed by atoms with Crippen molar-refractivity contribution in [2.24, 2.45) is 0 Å². The molecular formula is C20H24BrN5O. The minimum atomic E-state index is -0.830. The van der Waals surface area contributed by atoms with Crippen LogP contribution in [0.3, 0.4) is 0 Å². The summed E-state index contributed by atoms with van der Waals surface area (Å²) < 4.78 is 4.42. The van der Waals surface area contributed by atoms with Gasteiger partial charge in [0.25, 0.3) is 5.91 Å². The Balaban J connectivity index is 1.84. The van der Waals surface area contributed by atoms with Crippen LogP contribution in [0, 0.1) is 20.8 Å². The Bertz CT molecular complexity index is 986. The Labute approximate surface area is 167 Å². The van der Waals surface area contributed by atoms with E-state index in [1.807, 2.05) is 44.5 Å². The first-order valence-corrected chi connectivity index (χ1v) is 9.60. The molecule has 2 aromatic heterocycles. The lowest BCUT2D eigenvalue weighted by atomic mass is 10.0. The Morgan fingerprint density at radius 1 is 1.22 bits per heavy atom. The molecule has 0 atom stereocenters. The maximum absolute atomic E-state index is 12.9. The molecule has 0 unspecified atom stereocenters. The van der Waals surface area contributed by atoms with Crippen LogP contribution < -0.4 is 5.32 Å². The molecule has 142 valence electrons. The van der Waals surface area contributed by atoms with Gasteiger partial charge < -0.3 is 5.32 Å². The van der Waals surface area contributed by atoms with Crippen molar-refractivity contribution in [1.29, 1.82) is 0 Å². The molecule has 0 saturated carbocycles. The van der Waals surface area contributed by atoms with E-state index in [1.165, 1.54) is 11.1 Å². The highest BCUT2D eigenvalue weighted by Gasteiger charge is 2.32. The molecule has 0 radical (unpaired) electrons. The van der Waals surface area contributed by atoms with Gasteiger partial charge in [0.15, 0.2) is 0 Å². The summed E-state index contributed by atoms with van der Waals surface area (Å²) in [5, 5.41) is 11.9. The molecule has 2 heterocycles. The van der Waals surface area contributed by atoms with Crippen molar-refractivity contribution in [3.05, 3.63) is 63.6 Å². The molecule has 0 aliphatic carbocycles. The van der Waals surface area contributed by atoms with Crippen LogP contribution in [0.25, 0.3) is 0 Å². The second-order valence-corrected chi connectivity index (χ2v) is 8.16. The summed E-state index contributed by atoms with van der Waals surface area (Å²) in [4.78, 5) is 12.9. The quantitative estimate of drug-likeness (QED) is 0.660. The van der Waals surface area contributed by atoms with Crippen LogP contribution in [0.1, 0.15) is 36.4 Å². The van der Waals surface area contributed by atoms with Crippen molar-refractivity contribution in [1.82, 2.24) is 19.6 Å². The number of hydrogen-bond donors (Lipinski definition) is 1. The predicted octanol–water partition coefficient (Wildman–Crippen LogP) is 4.19. The normalized spacial score (nSPS) is 11.6. The molecule has 3 aromatic rings. The highest BCUT2D eigenvalue weighted by molar-refractivity contribution is 9.10. The van der Waals surface area contributed by atoms with E-state index in [4.69, 9.17) is 0 Å². The average Bonchev–Trinajstić information content (AvgIpc) is 3.16. The molecule has 0 bridgehead atoms. The zero-order valence-electron chi connectivity index (χ0n) is 16.2. The van der Waals surface area contributed by atoms with E-state index in [2.05, 4.69) is 50.5 Å². The lowest BCUT2D eigenvalue weighted by Crippen LogP contribution is -2.40. The van der Waals surface area contributed by atoms with Gasteiger partial charge in [-0.2, -0.15) is 10.2 Å². The number of aromatic nitrogens is 4. The standard InChI is InChI=1S/C20H24BrN5O/c1-13-8-6-7-9-16(13)11-25-15(3)18(14(2)24-25)23-19(27)20(4,5)26-12-17(21)10-22-26/h6-10,12H,11H2,1-5H3,(H,23,27). The molecule has 1 amide bonds. The van der Waals surface area contributed by atoms with Crippen molar-refractivity contribution >= 4 is 27.5 Å². The van der Waals surface area contributed by atoms with Crippen LogP contribution in [-0.4, -0.2) is 25.5 Å². The predicted molar refractivity (Wildman–Crippen MR) is 110 cm³/mol. The van der Waals surface area contributed by atoms with Gasteiger partial charge in [-0.05, 0) is 61.7 Å². The fourth-order valence-corrected chi connectivity index (χ4v) is 3.24. The lowest BCUT2D eigenvalue weighted by Gasteiger charge is -2.24. The Hall–Kier alpha value is -2.41. The fraction of sp³-hybridized carbons (Fsp3) is 0.350. The van der Waals surface area contributed by atoms with E-state index >= 15 is 0 Å². The topological polar surface area (TPSA) is 64.7 Å². The second kappa shape index (κ2) is 7.31. The molecule has 1 N–H and O–H groups in total. The highest BCUT2D eigenvalue weighted by atomic mass is 79.9. The van der Waals surface area contributed by atoms with Crippen molar-refractivity contribution < 1.29 is 4.79 Å². The molecule has 6 nitrogen and oxygen atoms in total. The first-order valence-electron chi connectivity index (χ1n) is 8.80. The summed E-state index contributed by atoms with van der Waals surface area (Å²) >= 11 is 3.38. The van der Waals surface area contributed by atoms with Gasteiger partial charge in [-0.15, -0.1) is 0 Å². The average molecular weight is 430 g/mol. The zero-order chi connectivity index (χ0) is 19.8. The number of hydrogen-bond acceptors (Lipinski definition) is 3. The molecule has 3 rings (SSSR count). The summed E-state index contributed by atoms with van der Waals surface area (Å²) in [7, 11) is 0. The maximum Gasteiger partial charge on any atom is 0.251 e. The number of halogens is 1. The number of rotatable bonds is 5. The van der Waals surface area contributed by atoms with Gasteiger partial charge in [0, 0.05) is 6.20 Å². The molecule has 0 fully saturated rings. The molecule has 0 aliphatic rings. The van der Waals surface area contributed by atoms with Gasteiger partial charge in [0.05, 0.1) is 34.3 Å². The number of benzene rings is 1. The minimum absolute atomic E-state index is 0.139. The Morgan fingerprint density at radius 3 is 2.56 bits per heavy atom. The third kappa shape index (κ3) is 3.83. The van der Waals surface area contributed by atoms with E-state index < -0.39 is 5.54 Å². The van der Waals surface area contributed by atoms with E-state index in [-0.39, 0.29) is 5.91 Å². The number of nitrogens with one attached hydrogen (secondary N) is 1. The number of amides is 1. The van der Waals surface area contributed by atoms with Gasteiger partial charge in [0.1, 0.15) is 5.54 Å². The number of aryl methyl sites for hydroxylation is 2. The molecule has 7 heteroatoms. The molecule has 1 aromatic carbocycles. The highest BCUT2D eigenvalue weighted by Crippen LogP contribution is 2.25. The summed E-state index contributed by atoms with van der Waals surface area (Å²) in [6.45, 7) is 10.3. The van der Waals surface area contributed by atoms with Crippen molar-refractivity contribution in [2.75, 3.05) is 5.32 Å². The smallest absolute Gasteiger partial charge is 0.251 e. The fourth-order valence-electron chi connectivity index (χ4n) is 2.96. The Kier molecular flexibility index (Phi) is 5.24. The third-order valence-corrected chi connectivity index (χ3v) is 5.29. The SMILES string of the molecule is Cc1ccccc1Cn1nc(C)c(NC(=O)C(C)(C)n2cc(Br)cn2)c1C. The summed E-state index contributed by atoms with van der Waals surface area (Å²) in [5.74, 6) is -0.139. The van der Waals surface area contributed by atoms with E-state index in [0.29, 0.717) is 6.54 Å². The Morgan fingerprint density at radius 2 is 1.93 bits per heavy atom. The van der Waals surface area contributed by atoms with E-state index in [9.17, 15) is 4.79 Å². The van der Waals surface area contributed by atoms with Crippen LogP contribution >= 0.6 is 15.9 Å². The summed E-state index contributed by atoms with van der Waals surface area (Å²) in [6.07, 6.45) is 3.46. The van der Waals surface area contributed by atoms with Crippen LogP contribution in [-0.2, 0) is 16.9 Å². The first-order chi connectivity index (χ1) is 12.7. The van der Waals surface area contributed by atoms with E-state index in [1.54, 1.807) is 17.1 Å². The second-order valence-electron chi connectivity index (χ2n) is 7.25. The van der Waals surface area contributed by atoms with Crippen molar-refractivity contribution in [3.63, 3.8) is 0 Å². The lowest BCUT2D eigenvalue weighted by molar-refractivity contribution is -0.123. The monoisotopic (exact) mass is 429 g/mol. The van der Waals surface area contributed by atoms with Crippen molar-refractivity contribution in [3.8, 4) is 0 Å². The van der Waals surface area contributed by atoms with Gasteiger partial charge >= 0.3 is 0 Å². The molecular weight excluding hydrogens is 406 g/mol. The van der Waals surface area contributed by atoms with Gasteiger partial charge in [0.2, 0.25) is 0 Å². The number of carbonyl (C=O) groups excluding carboxylic acids is 1. The zero-order valence-corrected chi connectivity index (χ0v) is 17.8. The van der Waals surface area contributed by atoms with Crippen LogP contribution in [0.4, 0.5) is 5.69 Å². The van der Waals surface area contributed by atoms with Crippen LogP contribution in [0.5, 0.6) is 0 Å². The summed E-state index contributed by atoms with van der Waals surface area (Å²) in [6, 6.07) is 8.25.